The van der Waals surface area contributed by atoms with Gasteiger partial charge in [0.2, 0.25) is 0 Å². The van der Waals surface area contributed by atoms with Crippen LogP contribution in [0.3, 0.4) is 0 Å². The molecule has 0 atom stereocenters. The van der Waals surface area contributed by atoms with Crippen molar-refractivity contribution in [3.63, 3.8) is 0 Å². The summed E-state index contributed by atoms with van der Waals surface area (Å²) in [5.41, 5.74) is 1.21. The number of nitrogens with zero attached hydrogens (tertiary/aromatic N) is 3. The van der Waals surface area contributed by atoms with Crippen LogP contribution in [0, 0.1) is 0 Å². The van der Waals surface area contributed by atoms with E-state index in [4.69, 9.17) is 0 Å². The molecule has 23 heavy (non-hydrogen) atoms. The van der Waals surface area contributed by atoms with Gasteiger partial charge in [0, 0.05) is 38.3 Å². The number of H-pyrrole nitrogens is 1. The van der Waals surface area contributed by atoms with Crippen LogP contribution in [0.5, 0.6) is 0 Å². The minimum absolute atomic E-state index is 0.101. The molecule has 120 valence electrons. The first-order valence-corrected chi connectivity index (χ1v) is 7.52. The normalized spacial score (nSPS) is 19.7. The van der Waals surface area contributed by atoms with E-state index in [-0.39, 0.29) is 23.4 Å². The monoisotopic (exact) mass is 313 g/mol. The molecular weight excluding hydrogens is 294 g/mol. The van der Waals surface area contributed by atoms with Crippen LogP contribution in [0.25, 0.3) is 0 Å². The second-order valence-corrected chi connectivity index (χ2v) is 5.94. The molecule has 1 aliphatic rings. The van der Waals surface area contributed by atoms with E-state index in [0.717, 1.165) is 18.5 Å². The maximum absolute atomic E-state index is 12.4. The first-order chi connectivity index (χ1) is 11.0. The number of hydrogen-bond acceptors (Lipinski definition) is 5. The van der Waals surface area contributed by atoms with Gasteiger partial charge >= 0.3 is 0 Å². The van der Waals surface area contributed by atoms with Crippen LogP contribution >= 0.6 is 0 Å². The first-order valence-electron chi connectivity index (χ1n) is 7.52. The van der Waals surface area contributed by atoms with E-state index >= 15 is 0 Å². The molecule has 0 radical (unpaired) electrons. The van der Waals surface area contributed by atoms with Gasteiger partial charge in [-0.3, -0.25) is 9.59 Å². The van der Waals surface area contributed by atoms with Gasteiger partial charge in [0.05, 0.1) is 17.6 Å². The lowest BCUT2D eigenvalue weighted by Gasteiger charge is -2.35. The zero-order chi connectivity index (χ0) is 16.4. The Morgan fingerprint density at radius 1 is 1.35 bits per heavy atom. The number of hydrogen-bond donors (Lipinski definition) is 2. The fourth-order valence-electron chi connectivity index (χ4n) is 2.78. The first kappa shape index (κ1) is 15.2. The van der Waals surface area contributed by atoms with Crippen LogP contribution in [0.4, 0.5) is 5.82 Å². The van der Waals surface area contributed by atoms with Crippen molar-refractivity contribution in [2.75, 3.05) is 19.0 Å². The Morgan fingerprint density at radius 3 is 2.83 bits per heavy atom. The highest BCUT2D eigenvalue weighted by molar-refractivity contribution is 5.99. The third-order valence-corrected chi connectivity index (χ3v) is 4.05. The molecule has 1 fully saturated rings. The maximum Gasteiger partial charge on any atom is 0.255 e. The highest BCUT2D eigenvalue weighted by Crippen LogP contribution is 2.35. The van der Waals surface area contributed by atoms with E-state index in [1.807, 2.05) is 19.0 Å². The van der Waals surface area contributed by atoms with E-state index in [0.29, 0.717) is 11.4 Å². The quantitative estimate of drug-likeness (QED) is 0.875. The van der Waals surface area contributed by atoms with Crippen LogP contribution in [0.15, 0.2) is 35.5 Å². The molecule has 1 saturated carbocycles. The highest BCUT2D eigenvalue weighted by atomic mass is 16.1. The predicted octanol–water partition coefficient (Wildman–Crippen LogP) is 0.907. The smallest absolute Gasteiger partial charge is 0.255 e. The molecule has 0 bridgehead atoms. The van der Waals surface area contributed by atoms with Crippen LogP contribution in [-0.2, 0) is 0 Å². The van der Waals surface area contributed by atoms with Crippen molar-refractivity contribution < 1.29 is 4.79 Å². The number of rotatable bonds is 4. The minimum Gasteiger partial charge on any atom is -0.362 e. The van der Waals surface area contributed by atoms with Gasteiger partial charge in [0.1, 0.15) is 5.82 Å². The van der Waals surface area contributed by atoms with Gasteiger partial charge in [-0.15, -0.1) is 0 Å². The Bertz CT molecular complexity index is 765. The zero-order valence-electron chi connectivity index (χ0n) is 13.1. The fourth-order valence-corrected chi connectivity index (χ4v) is 2.78. The fraction of sp³-hybridized carbons (Fsp3) is 0.375. The summed E-state index contributed by atoms with van der Waals surface area (Å²) < 4.78 is 0. The number of nitrogens with one attached hydrogen (secondary N) is 2. The van der Waals surface area contributed by atoms with Crippen LogP contribution in [0.2, 0.25) is 0 Å². The SMILES string of the molecule is CN(C)c1ncccc1C(=O)NC1CC(c2cc(=O)[nH]cn2)C1. The molecule has 0 unspecified atom stereocenters. The third kappa shape index (κ3) is 3.23. The molecule has 2 heterocycles. The molecule has 7 heteroatoms. The number of pyridine rings is 1. The van der Waals surface area contributed by atoms with Gasteiger partial charge in [-0.05, 0) is 25.0 Å². The summed E-state index contributed by atoms with van der Waals surface area (Å²) in [4.78, 5) is 36.5. The number of anilines is 1. The second-order valence-electron chi connectivity index (χ2n) is 5.94. The Hall–Kier alpha value is -2.70. The zero-order valence-corrected chi connectivity index (χ0v) is 13.1. The van der Waals surface area contributed by atoms with Crippen molar-refractivity contribution in [2.45, 2.75) is 24.8 Å². The van der Waals surface area contributed by atoms with Crippen molar-refractivity contribution in [3.8, 4) is 0 Å². The molecule has 0 spiro atoms. The van der Waals surface area contributed by atoms with Gasteiger partial charge in [0.15, 0.2) is 0 Å². The van der Waals surface area contributed by atoms with E-state index in [2.05, 4.69) is 20.3 Å². The molecule has 0 saturated heterocycles. The second kappa shape index (κ2) is 6.20. The lowest BCUT2D eigenvalue weighted by molar-refractivity contribution is 0.0908. The standard InChI is InChI=1S/C16H19N5O2/c1-21(2)15-12(4-3-5-17-15)16(23)20-11-6-10(7-11)13-8-14(22)19-9-18-13/h3-5,8-11H,6-7H2,1-2H3,(H,20,23)(H,18,19,22). The van der Waals surface area contributed by atoms with Gasteiger partial charge in [-0.2, -0.15) is 0 Å². The number of aromatic nitrogens is 3. The van der Waals surface area contributed by atoms with Crippen molar-refractivity contribution in [2.24, 2.45) is 0 Å². The molecule has 7 nitrogen and oxygen atoms in total. The summed E-state index contributed by atoms with van der Waals surface area (Å²) in [6, 6.07) is 5.15. The molecule has 1 amide bonds. The lowest BCUT2D eigenvalue weighted by Crippen LogP contribution is -2.44. The summed E-state index contributed by atoms with van der Waals surface area (Å²) >= 11 is 0. The van der Waals surface area contributed by atoms with Crippen molar-refractivity contribution in [1.82, 2.24) is 20.3 Å². The summed E-state index contributed by atoms with van der Waals surface area (Å²) in [6.07, 6.45) is 4.67. The van der Waals surface area contributed by atoms with Crippen LogP contribution < -0.4 is 15.8 Å². The summed E-state index contributed by atoms with van der Waals surface area (Å²) in [5.74, 6) is 0.756. The van der Waals surface area contributed by atoms with Crippen LogP contribution in [-0.4, -0.2) is 41.0 Å². The van der Waals surface area contributed by atoms with Crippen molar-refractivity contribution in [1.29, 1.82) is 0 Å². The minimum atomic E-state index is -0.145. The highest BCUT2D eigenvalue weighted by Gasteiger charge is 2.33. The average Bonchev–Trinajstić information content (AvgIpc) is 2.50. The molecule has 2 aromatic heterocycles. The average molecular weight is 313 g/mol. The molecule has 2 aromatic rings. The van der Waals surface area contributed by atoms with E-state index in [1.165, 1.54) is 12.4 Å². The van der Waals surface area contributed by atoms with Gasteiger partial charge in [-0.1, -0.05) is 0 Å². The van der Waals surface area contributed by atoms with E-state index in [9.17, 15) is 9.59 Å². The third-order valence-electron chi connectivity index (χ3n) is 4.05. The largest absolute Gasteiger partial charge is 0.362 e. The Morgan fingerprint density at radius 2 is 2.13 bits per heavy atom. The van der Waals surface area contributed by atoms with Crippen molar-refractivity contribution >= 4 is 11.7 Å². The number of amides is 1. The predicted molar refractivity (Wildman–Crippen MR) is 86.7 cm³/mol. The van der Waals surface area contributed by atoms with E-state index in [1.54, 1.807) is 18.3 Å². The summed E-state index contributed by atoms with van der Waals surface area (Å²) in [6.45, 7) is 0. The van der Waals surface area contributed by atoms with Gasteiger partial charge in [0.25, 0.3) is 11.5 Å². The Labute approximate surface area is 133 Å². The number of carbonyl (C=O) groups excluding carboxylic acids is 1. The summed E-state index contributed by atoms with van der Waals surface area (Å²) in [7, 11) is 3.72. The van der Waals surface area contributed by atoms with E-state index < -0.39 is 0 Å². The van der Waals surface area contributed by atoms with Gasteiger partial charge < -0.3 is 15.2 Å². The summed E-state index contributed by atoms with van der Waals surface area (Å²) in [5, 5.41) is 3.02. The van der Waals surface area contributed by atoms with Crippen molar-refractivity contribution in [3.05, 3.63) is 52.3 Å². The Kier molecular flexibility index (Phi) is 4.10. The maximum atomic E-state index is 12.4. The molecule has 3 rings (SSSR count). The number of aromatic amines is 1. The molecule has 2 N–H and O–H groups in total. The number of carbonyl (C=O) groups is 1. The molecule has 1 aliphatic carbocycles. The topological polar surface area (TPSA) is 91.0 Å². The molecular formula is C16H19N5O2. The lowest BCUT2D eigenvalue weighted by atomic mass is 9.78. The molecule has 0 aliphatic heterocycles. The Balaban J connectivity index is 1.62. The van der Waals surface area contributed by atoms with Gasteiger partial charge in [-0.25, -0.2) is 9.97 Å². The molecule has 0 aromatic carbocycles. The van der Waals surface area contributed by atoms with Crippen LogP contribution in [0.1, 0.15) is 34.8 Å².